The van der Waals surface area contributed by atoms with Gasteiger partial charge < -0.3 is 33.8 Å². The number of carbonyl (C=O) groups is 4. The zero-order chi connectivity index (χ0) is 71.4. The summed E-state index contributed by atoms with van der Waals surface area (Å²) in [6.45, 7) is 9.57. The van der Waals surface area contributed by atoms with Gasteiger partial charge in [0.1, 0.15) is 19.3 Å². The van der Waals surface area contributed by atoms with Crippen LogP contribution in [0.25, 0.3) is 0 Å². The molecule has 0 aromatic carbocycles. The molecule has 3 N–H and O–H groups in total. The predicted octanol–water partition coefficient (Wildman–Crippen LogP) is 23.1. The molecule has 97 heavy (non-hydrogen) atoms. The van der Waals surface area contributed by atoms with Crippen LogP contribution in [0.3, 0.4) is 0 Å². The molecule has 0 radical (unpaired) electrons. The van der Waals surface area contributed by atoms with Gasteiger partial charge in [0.2, 0.25) is 0 Å². The molecule has 0 amide bonds. The third-order valence-electron chi connectivity index (χ3n) is 18.2. The maximum absolute atomic E-state index is 13.1. The molecule has 0 fully saturated rings. The van der Waals surface area contributed by atoms with Crippen molar-refractivity contribution in [1.29, 1.82) is 0 Å². The van der Waals surface area contributed by atoms with Crippen molar-refractivity contribution in [3.05, 3.63) is 0 Å². The minimum Gasteiger partial charge on any atom is -0.462 e. The van der Waals surface area contributed by atoms with E-state index in [2.05, 4.69) is 41.5 Å². The first-order valence-electron chi connectivity index (χ1n) is 40.5. The highest BCUT2D eigenvalue weighted by molar-refractivity contribution is 7.47. The van der Waals surface area contributed by atoms with Crippen molar-refractivity contribution in [2.45, 2.75) is 426 Å². The van der Waals surface area contributed by atoms with E-state index in [0.29, 0.717) is 25.7 Å². The summed E-state index contributed by atoms with van der Waals surface area (Å²) in [6, 6.07) is 0. The number of aliphatic hydroxyl groups excluding tert-OH is 1. The Balaban J connectivity index is 5.18. The summed E-state index contributed by atoms with van der Waals surface area (Å²) in [5.74, 6) is -0.593. The molecule has 0 spiro atoms. The topological polar surface area (TPSA) is 237 Å². The Bertz CT molecular complexity index is 1870. The summed E-state index contributed by atoms with van der Waals surface area (Å²) in [6.07, 6.45) is 58.5. The van der Waals surface area contributed by atoms with Crippen LogP contribution in [0.4, 0.5) is 0 Å². The molecular weight excluding hydrogens is 1270 g/mol. The van der Waals surface area contributed by atoms with Crippen LogP contribution in [-0.2, 0) is 65.4 Å². The molecule has 19 heteroatoms. The van der Waals surface area contributed by atoms with Crippen molar-refractivity contribution >= 4 is 39.5 Å². The van der Waals surface area contributed by atoms with Crippen LogP contribution in [0.15, 0.2) is 0 Å². The lowest BCUT2D eigenvalue weighted by molar-refractivity contribution is -0.161. The molecule has 0 aromatic rings. The smallest absolute Gasteiger partial charge is 0.462 e. The second-order valence-corrected chi connectivity index (χ2v) is 32.0. The van der Waals surface area contributed by atoms with Gasteiger partial charge in [-0.05, 0) is 37.5 Å². The first-order chi connectivity index (χ1) is 46.9. The van der Waals surface area contributed by atoms with Gasteiger partial charge in [0, 0.05) is 25.7 Å². The first-order valence-corrected chi connectivity index (χ1v) is 43.5. The number of ether oxygens (including phenoxy) is 4. The molecule has 0 bridgehead atoms. The van der Waals surface area contributed by atoms with E-state index in [-0.39, 0.29) is 25.7 Å². The maximum atomic E-state index is 13.1. The summed E-state index contributed by atoms with van der Waals surface area (Å²) in [4.78, 5) is 72.8. The van der Waals surface area contributed by atoms with Gasteiger partial charge in [-0.25, -0.2) is 9.13 Å². The Hall–Kier alpha value is -1.94. The van der Waals surface area contributed by atoms with E-state index >= 15 is 0 Å². The summed E-state index contributed by atoms with van der Waals surface area (Å²) in [7, 11) is -9.91. The van der Waals surface area contributed by atoms with Crippen LogP contribution in [0.1, 0.15) is 408 Å². The molecule has 0 aliphatic carbocycles. The number of esters is 4. The lowest BCUT2D eigenvalue weighted by Gasteiger charge is -2.21. The van der Waals surface area contributed by atoms with Gasteiger partial charge in [-0.1, -0.05) is 356 Å². The zero-order valence-corrected chi connectivity index (χ0v) is 65.2. The predicted molar refractivity (Wildman–Crippen MR) is 395 cm³/mol. The number of unbranched alkanes of at least 4 members (excludes halogenated alkanes) is 47. The van der Waals surface area contributed by atoms with Crippen molar-refractivity contribution in [1.82, 2.24) is 0 Å². The molecule has 0 saturated carbocycles. The van der Waals surface area contributed by atoms with Gasteiger partial charge in [-0.15, -0.1) is 0 Å². The van der Waals surface area contributed by atoms with Crippen molar-refractivity contribution in [2.24, 2.45) is 11.8 Å². The van der Waals surface area contributed by atoms with Crippen molar-refractivity contribution in [2.75, 3.05) is 39.6 Å². The molecule has 17 nitrogen and oxygen atoms in total. The monoisotopic (exact) mass is 1420 g/mol. The Labute approximate surface area is 594 Å². The van der Waals surface area contributed by atoms with Crippen LogP contribution < -0.4 is 0 Å². The van der Waals surface area contributed by atoms with Gasteiger partial charge >= 0.3 is 39.5 Å². The Kier molecular flexibility index (Phi) is 68.4. The minimum absolute atomic E-state index is 0.105. The van der Waals surface area contributed by atoms with E-state index in [1.54, 1.807) is 0 Å². The molecule has 0 heterocycles. The van der Waals surface area contributed by atoms with Gasteiger partial charge in [-0.3, -0.25) is 37.3 Å². The quantitative estimate of drug-likeness (QED) is 0.0222. The zero-order valence-electron chi connectivity index (χ0n) is 63.4. The molecule has 0 rings (SSSR count). The maximum Gasteiger partial charge on any atom is 0.472 e. The molecule has 0 saturated heterocycles. The molecule has 576 valence electrons. The summed E-state index contributed by atoms with van der Waals surface area (Å²) >= 11 is 0. The first kappa shape index (κ1) is 95.1. The largest absolute Gasteiger partial charge is 0.472 e. The Morgan fingerprint density at radius 1 is 0.278 bits per heavy atom. The van der Waals surface area contributed by atoms with Crippen LogP contribution in [0, 0.1) is 11.8 Å². The van der Waals surface area contributed by atoms with E-state index in [4.69, 9.17) is 37.0 Å². The number of carbonyl (C=O) groups excluding carboxylic acids is 4. The standard InChI is InChI=1S/C78H152O17P2/c1-7-9-11-13-15-17-18-19-20-21-22-23-24-27-31-34-37-44-50-56-62-77(82)94-74(67-89-76(81)61-55-49-43-36-33-30-28-25-26-29-32-35-40-46-52-58-70(3)4)69-93-97(86,87)91-65-72(79)64-90-96(84,85)92-68-73(66-88-75(80)60-54-48-42-16-14-12-10-8-2)95-78(83)63-57-51-45-39-38-41-47-53-59-71(5)6/h70-74,79H,7-69H2,1-6H3,(H,84,85)(H,86,87)/t72-,73+,74+/m0/s1. The number of aliphatic hydroxyl groups is 1. The highest BCUT2D eigenvalue weighted by Gasteiger charge is 2.30. The van der Waals surface area contributed by atoms with Crippen LogP contribution in [-0.4, -0.2) is 96.7 Å². The molecule has 5 atom stereocenters. The van der Waals surface area contributed by atoms with E-state index in [9.17, 15) is 43.2 Å². The van der Waals surface area contributed by atoms with Crippen LogP contribution >= 0.6 is 15.6 Å². The fourth-order valence-electron chi connectivity index (χ4n) is 12.0. The third-order valence-corrected chi connectivity index (χ3v) is 20.1. The Morgan fingerprint density at radius 2 is 0.474 bits per heavy atom. The number of phosphoric acid groups is 2. The van der Waals surface area contributed by atoms with Crippen molar-refractivity contribution < 1.29 is 80.2 Å². The molecule has 0 aliphatic rings. The molecule has 0 aliphatic heterocycles. The molecule has 0 aromatic heterocycles. The third kappa shape index (κ3) is 72.2. The second kappa shape index (κ2) is 69.8. The van der Waals surface area contributed by atoms with E-state index in [1.165, 1.54) is 218 Å². The normalized spacial score (nSPS) is 14.0. The van der Waals surface area contributed by atoms with Crippen molar-refractivity contribution in [3.8, 4) is 0 Å². The number of hydrogen-bond donors (Lipinski definition) is 3. The van der Waals surface area contributed by atoms with Gasteiger partial charge in [0.05, 0.1) is 26.4 Å². The van der Waals surface area contributed by atoms with Gasteiger partial charge in [0.25, 0.3) is 0 Å². The van der Waals surface area contributed by atoms with Crippen LogP contribution in [0.5, 0.6) is 0 Å². The fraction of sp³-hybridized carbons (Fsp3) is 0.949. The lowest BCUT2D eigenvalue weighted by Crippen LogP contribution is -2.30. The Morgan fingerprint density at radius 3 is 0.701 bits per heavy atom. The van der Waals surface area contributed by atoms with E-state index in [1.807, 2.05) is 0 Å². The number of hydrogen-bond acceptors (Lipinski definition) is 15. The summed E-state index contributed by atoms with van der Waals surface area (Å²) < 4.78 is 68.5. The summed E-state index contributed by atoms with van der Waals surface area (Å²) in [5, 5.41) is 10.6. The van der Waals surface area contributed by atoms with Gasteiger partial charge in [-0.2, -0.15) is 0 Å². The van der Waals surface area contributed by atoms with Crippen molar-refractivity contribution in [3.63, 3.8) is 0 Å². The highest BCUT2D eigenvalue weighted by atomic mass is 31.2. The lowest BCUT2D eigenvalue weighted by atomic mass is 10.0. The van der Waals surface area contributed by atoms with E-state index in [0.717, 1.165) is 108 Å². The average molecular weight is 1420 g/mol. The number of phosphoric ester groups is 2. The van der Waals surface area contributed by atoms with Gasteiger partial charge in [0.15, 0.2) is 12.2 Å². The molecule has 2 unspecified atom stereocenters. The SMILES string of the molecule is CCCCCCCCCCCCCCCCCCCCCCC(=O)O[C@H](COC(=O)CCCCCCCCCCCCCCCCCC(C)C)COP(=O)(O)OC[C@@H](O)COP(=O)(O)OC[C@@H](COC(=O)CCCCCCCCCC)OC(=O)CCCCCCCCCCC(C)C. The van der Waals surface area contributed by atoms with Crippen LogP contribution in [0.2, 0.25) is 0 Å². The molecular formula is C78H152O17P2. The summed E-state index contributed by atoms with van der Waals surface area (Å²) in [5.41, 5.74) is 0. The average Bonchev–Trinajstić information content (AvgIpc) is 1.04. The number of rotatable bonds is 77. The fourth-order valence-corrected chi connectivity index (χ4v) is 13.6. The van der Waals surface area contributed by atoms with E-state index < -0.39 is 97.5 Å². The minimum atomic E-state index is -4.96. The highest BCUT2D eigenvalue weighted by Crippen LogP contribution is 2.45. The second-order valence-electron chi connectivity index (χ2n) is 29.1.